The van der Waals surface area contributed by atoms with Crippen LogP contribution in [0.1, 0.15) is 38.1 Å². The molecule has 1 aromatic heterocycles. The molecular formula is C14H22N4O. The Bertz CT molecular complexity index is 486. The molecule has 0 radical (unpaired) electrons. The Kier molecular flexibility index (Phi) is 3.55. The van der Waals surface area contributed by atoms with Gasteiger partial charge in [0, 0.05) is 31.5 Å². The highest BCUT2D eigenvalue weighted by molar-refractivity contribution is 5.36. The van der Waals surface area contributed by atoms with E-state index in [-0.39, 0.29) is 5.56 Å². The molecule has 2 aliphatic rings. The zero-order valence-corrected chi connectivity index (χ0v) is 11.3. The van der Waals surface area contributed by atoms with Crippen molar-refractivity contribution in [2.24, 2.45) is 11.7 Å². The highest BCUT2D eigenvalue weighted by Crippen LogP contribution is 2.33. The van der Waals surface area contributed by atoms with E-state index in [0.717, 1.165) is 57.7 Å². The lowest BCUT2D eigenvalue weighted by molar-refractivity contribution is 0.384. The first-order valence-electron chi connectivity index (χ1n) is 7.31. The number of hydrogen-bond donors (Lipinski definition) is 1. The van der Waals surface area contributed by atoms with Crippen LogP contribution in [0, 0.1) is 5.92 Å². The predicted molar refractivity (Wildman–Crippen MR) is 75.4 cm³/mol. The molecule has 0 amide bonds. The van der Waals surface area contributed by atoms with Crippen LogP contribution in [0.3, 0.4) is 0 Å². The van der Waals surface area contributed by atoms with Gasteiger partial charge in [0.05, 0.1) is 0 Å². The van der Waals surface area contributed by atoms with Gasteiger partial charge in [-0.2, -0.15) is 0 Å². The zero-order chi connectivity index (χ0) is 13.2. The molecule has 1 aliphatic heterocycles. The summed E-state index contributed by atoms with van der Waals surface area (Å²) in [6.07, 6.45) is 9.19. The molecule has 1 saturated heterocycles. The van der Waals surface area contributed by atoms with Gasteiger partial charge in [0.1, 0.15) is 0 Å². The van der Waals surface area contributed by atoms with E-state index in [4.69, 9.17) is 5.73 Å². The Morgan fingerprint density at radius 2 is 2.00 bits per heavy atom. The summed E-state index contributed by atoms with van der Waals surface area (Å²) in [6.45, 7) is 2.63. The highest BCUT2D eigenvalue weighted by atomic mass is 16.1. The van der Waals surface area contributed by atoms with Gasteiger partial charge in [-0.05, 0) is 44.6 Å². The first-order valence-corrected chi connectivity index (χ1v) is 7.31. The summed E-state index contributed by atoms with van der Waals surface area (Å²) in [7, 11) is 0. The van der Waals surface area contributed by atoms with Crippen molar-refractivity contribution in [3.63, 3.8) is 0 Å². The van der Waals surface area contributed by atoms with Crippen molar-refractivity contribution in [3.05, 3.63) is 22.7 Å². The van der Waals surface area contributed by atoms with Crippen LogP contribution in [-0.2, 0) is 0 Å². The van der Waals surface area contributed by atoms with E-state index in [0.29, 0.717) is 11.9 Å². The van der Waals surface area contributed by atoms with Gasteiger partial charge in [0.25, 0.3) is 5.56 Å². The molecule has 0 bridgehead atoms. The van der Waals surface area contributed by atoms with Gasteiger partial charge < -0.3 is 15.2 Å². The molecule has 3 rings (SSSR count). The molecule has 1 saturated carbocycles. The van der Waals surface area contributed by atoms with Crippen molar-refractivity contribution in [3.8, 4) is 0 Å². The molecule has 2 heterocycles. The van der Waals surface area contributed by atoms with Crippen molar-refractivity contribution in [1.29, 1.82) is 0 Å². The third kappa shape index (κ3) is 2.66. The summed E-state index contributed by atoms with van der Waals surface area (Å²) in [5, 5.41) is 0. The second-order valence-corrected chi connectivity index (χ2v) is 5.70. The minimum Gasteiger partial charge on any atom is -0.352 e. The maximum absolute atomic E-state index is 12.4. The van der Waals surface area contributed by atoms with Crippen LogP contribution in [0.5, 0.6) is 0 Å². The average Bonchev–Trinajstić information content (AvgIpc) is 3.25. The van der Waals surface area contributed by atoms with E-state index in [1.54, 1.807) is 6.20 Å². The summed E-state index contributed by atoms with van der Waals surface area (Å²) in [6, 6.07) is 0.420. The fourth-order valence-electron chi connectivity index (χ4n) is 2.94. The maximum atomic E-state index is 12.4. The number of aromatic nitrogens is 2. The van der Waals surface area contributed by atoms with Crippen LogP contribution >= 0.6 is 0 Å². The molecule has 0 aromatic carbocycles. The second kappa shape index (κ2) is 5.33. The van der Waals surface area contributed by atoms with E-state index < -0.39 is 0 Å². The first kappa shape index (κ1) is 12.7. The van der Waals surface area contributed by atoms with Crippen molar-refractivity contribution in [1.82, 2.24) is 9.55 Å². The fraction of sp³-hybridized carbons (Fsp3) is 0.714. The molecule has 5 heteroatoms. The third-order valence-electron chi connectivity index (χ3n) is 4.28. The summed E-state index contributed by atoms with van der Waals surface area (Å²) < 4.78 is 1.86. The summed E-state index contributed by atoms with van der Waals surface area (Å²) >= 11 is 0. The van der Waals surface area contributed by atoms with E-state index in [1.165, 1.54) is 0 Å². The van der Waals surface area contributed by atoms with Crippen LogP contribution in [0.4, 0.5) is 5.82 Å². The second-order valence-electron chi connectivity index (χ2n) is 5.70. The molecule has 104 valence electrons. The molecule has 2 N–H and O–H groups in total. The molecule has 1 aromatic rings. The smallest absolute Gasteiger partial charge is 0.293 e. The number of nitrogens with two attached hydrogens (primary N) is 1. The van der Waals surface area contributed by atoms with Gasteiger partial charge in [-0.1, -0.05) is 0 Å². The first-order chi connectivity index (χ1) is 9.29. The number of anilines is 1. The summed E-state index contributed by atoms with van der Waals surface area (Å²) in [4.78, 5) is 18.9. The maximum Gasteiger partial charge on any atom is 0.293 e. The summed E-state index contributed by atoms with van der Waals surface area (Å²) in [5.41, 5.74) is 5.70. The lowest BCUT2D eigenvalue weighted by Crippen LogP contribution is -2.39. The Hall–Kier alpha value is -1.36. The van der Waals surface area contributed by atoms with Crippen LogP contribution in [0.15, 0.2) is 17.2 Å². The van der Waals surface area contributed by atoms with E-state index >= 15 is 0 Å². The Labute approximate surface area is 113 Å². The van der Waals surface area contributed by atoms with Crippen LogP contribution in [-0.4, -0.2) is 29.2 Å². The zero-order valence-electron chi connectivity index (χ0n) is 11.3. The highest BCUT2D eigenvalue weighted by Gasteiger charge is 2.27. The third-order valence-corrected chi connectivity index (χ3v) is 4.28. The number of hydrogen-bond acceptors (Lipinski definition) is 4. The van der Waals surface area contributed by atoms with Crippen molar-refractivity contribution in [2.45, 2.75) is 38.1 Å². The number of rotatable bonds is 4. The van der Waals surface area contributed by atoms with E-state index in [2.05, 4.69) is 9.88 Å². The number of nitrogens with zero attached hydrogens (tertiary/aromatic N) is 3. The molecular weight excluding hydrogens is 240 g/mol. The largest absolute Gasteiger partial charge is 0.352 e. The molecule has 2 fully saturated rings. The van der Waals surface area contributed by atoms with Gasteiger partial charge in [-0.15, -0.1) is 0 Å². The Morgan fingerprint density at radius 1 is 1.26 bits per heavy atom. The monoisotopic (exact) mass is 262 g/mol. The lowest BCUT2D eigenvalue weighted by Gasteiger charge is -2.32. The molecule has 0 spiro atoms. The standard InChI is InChI=1S/C14H22N4O/c15-6-3-11-4-8-17(9-5-11)13-14(19)18(10-7-16-13)12-1-2-12/h7,10-12H,1-6,8-9,15H2. The van der Waals surface area contributed by atoms with Gasteiger partial charge in [-0.25, -0.2) is 4.98 Å². The molecule has 1 aliphatic carbocycles. The molecule has 19 heavy (non-hydrogen) atoms. The topological polar surface area (TPSA) is 64.2 Å². The van der Waals surface area contributed by atoms with Gasteiger partial charge in [0.2, 0.25) is 0 Å². The SMILES string of the molecule is NCCC1CCN(c2nccn(C3CC3)c2=O)CC1. The molecule has 0 unspecified atom stereocenters. The Morgan fingerprint density at radius 3 is 2.63 bits per heavy atom. The van der Waals surface area contributed by atoms with E-state index in [9.17, 15) is 4.79 Å². The molecule has 5 nitrogen and oxygen atoms in total. The van der Waals surface area contributed by atoms with Crippen LogP contribution in [0.25, 0.3) is 0 Å². The average molecular weight is 262 g/mol. The lowest BCUT2D eigenvalue weighted by atomic mass is 9.94. The van der Waals surface area contributed by atoms with Crippen molar-refractivity contribution >= 4 is 5.82 Å². The van der Waals surface area contributed by atoms with Gasteiger partial charge in [0.15, 0.2) is 5.82 Å². The predicted octanol–water partition coefficient (Wildman–Crippen LogP) is 1.14. The fourth-order valence-corrected chi connectivity index (χ4v) is 2.94. The van der Waals surface area contributed by atoms with Crippen LogP contribution in [0.2, 0.25) is 0 Å². The minimum atomic E-state index is 0.0854. The van der Waals surface area contributed by atoms with Crippen LogP contribution < -0.4 is 16.2 Å². The van der Waals surface area contributed by atoms with E-state index in [1.807, 2.05) is 10.8 Å². The van der Waals surface area contributed by atoms with Gasteiger partial charge in [-0.3, -0.25) is 4.79 Å². The quantitative estimate of drug-likeness (QED) is 0.884. The Balaban J connectivity index is 1.73. The minimum absolute atomic E-state index is 0.0854. The number of piperidine rings is 1. The molecule has 0 atom stereocenters. The van der Waals surface area contributed by atoms with Gasteiger partial charge >= 0.3 is 0 Å². The summed E-state index contributed by atoms with van der Waals surface area (Å²) in [5.74, 6) is 1.36. The van der Waals surface area contributed by atoms with Crippen molar-refractivity contribution < 1.29 is 0 Å². The van der Waals surface area contributed by atoms with Crippen molar-refractivity contribution in [2.75, 3.05) is 24.5 Å². The normalized spacial score (nSPS) is 20.8.